The SMILES string of the molecule is Cc1ccc(-c2ncco2)cc1-c1ccc(NC(=O)/C=C/c2ccc(Cl)cc2)cc1. The largest absolute Gasteiger partial charge is 0.445 e. The summed E-state index contributed by atoms with van der Waals surface area (Å²) in [6.45, 7) is 2.06. The monoisotopic (exact) mass is 414 g/mol. The highest BCUT2D eigenvalue weighted by molar-refractivity contribution is 6.30. The van der Waals surface area contributed by atoms with Gasteiger partial charge < -0.3 is 9.73 Å². The standard InChI is InChI=1S/C25H19ClN2O2/c1-17-2-6-20(25-27-14-15-30-25)16-23(17)19-7-11-22(12-8-19)28-24(29)13-5-18-3-9-21(26)10-4-18/h2-16H,1H3,(H,28,29)/b13-5+. The molecule has 3 aromatic carbocycles. The minimum atomic E-state index is -0.195. The van der Waals surface area contributed by atoms with Crippen molar-refractivity contribution in [1.82, 2.24) is 4.98 Å². The van der Waals surface area contributed by atoms with E-state index in [9.17, 15) is 4.79 Å². The molecule has 0 saturated heterocycles. The van der Waals surface area contributed by atoms with Crippen molar-refractivity contribution < 1.29 is 9.21 Å². The maximum Gasteiger partial charge on any atom is 0.248 e. The number of nitrogens with one attached hydrogen (secondary N) is 1. The fourth-order valence-electron chi connectivity index (χ4n) is 3.09. The van der Waals surface area contributed by atoms with Crippen LogP contribution in [0.4, 0.5) is 5.69 Å². The van der Waals surface area contributed by atoms with Crippen LogP contribution in [0.5, 0.6) is 0 Å². The Morgan fingerprint density at radius 1 is 1.00 bits per heavy atom. The fraction of sp³-hybridized carbons (Fsp3) is 0.0400. The second-order valence-corrected chi connectivity index (χ2v) is 7.25. The number of rotatable bonds is 5. The number of benzene rings is 3. The van der Waals surface area contributed by atoms with Gasteiger partial charge in [0.1, 0.15) is 6.26 Å². The molecule has 1 amide bonds. The molecule has 0 radical (unpaired) electrons. The molecule has 0 bridgehead atoms. The van der Waals surface area contributed by atoms with Gasteiger partial charge in [0.2, 0.25) is 11.8 Å². The Hall–Kier alpha value is -3.63. The number of carbonyl (C=O) groups excluding carboxylic acids is 1. The first-order valence-electron chi connectivity index (χ1n) is 9.44. The van der Waals surface area contributed by atoms with Gasteiger partial charge >= 0.3 is 0 Å². The Balaban J connectivity index is 1.47. The van der Waals surface area contributed by atoms with E-state index in [2.05, 4.69) is 23.3 Å². The molecular formula is C25H19ClN2O2. The molecule has 0 unspecified atom stereocenters. The summed E-state index contributed by atoms with van der Waals surface area (Å²) in [4.78, 5) is 16.4. The summed E-state index contributed by atoms with van der Waals surface area (Å²) in [5, 5.41) is 3.54. The second-order valence-electron chi connectivity index (χ2n) is 6.82. The van der Waals surface area contributed by atoms with Gasteiger partial charge in [-0.25, -0.2) is 4.98 Å². The van der Waals surface area contributed by atoms with E-state index in [1.54, 1.807) is 30.7 Å². The number of aromatic nitrogens is 1. The van der Waals surface area contributed by atoms with Crippen molar-refractivity contribution >= 4 is 29.3 Å². The van der Waals surface area contributed by atoms with Crippen LogP contribution in [0, 0.1) is 6.92 Å². The molecule has 1 heterocycles. The Kier molecular flexibility index (Phi) is 5.77. The van der Waals surface area contributed by atoms with E-state index < -0.39 is 0 Å². The van der Waals surface area contributed by atoms with E-state index in [1.807, 2.05) is 48.5 Å². The smallest absolute Gasteiger partial charge is 0.248 e. The molecule has 148 valence electrons. The van der Waals surface area contributed by atoms with Crippen molar-refractivity contribution in [1.29, 1.82) is 0 Å². The van der Waals surface area contributed by atoms with Crippen LogP contribution < -0.4 is 5.32 Å². The molecule has 5 heteroatoms. The van der Waals surface area contributed by atoms with Crippen molar-refractivity contribution in [3.8, 4) is 22.6 Å². The molecule has 30 heavy (non-hydrogen) atoms. The van der Waals surface area contributed by atoms with Gasteiger partial charge in [0.05, 0.1) is 6.20 Å². The number of nitrogens with zero attached hydrogens (tertiary/aromatic N) is 1. The highest BCUT2D eigenvalue weighted by Gasteiger charge is 2.08. The second kappa shape index (κ2) is 8.80. The average Bonchev–Trinajstić information content (AvgIpc) is 3.29. The third-order valence-electron chi connectivity index (χ3n) is 4.68. The van der Waals surface area contributed by atoms with Gasteiger partial charge in [-0.1, -0.05) is 41.9 Å². The van der Waals surface area contributed by atoms with E-state index >= 15 is 0 Å². The molecule has 4 nitrogen and oxygen atoms in total. The summed E-state index contributed by atoms with van der Waals surface area (Å²) in [5.74, 6) is 0.396. The predicted octanol–water partition coefficient (Wildman–Crippen LogP) is 6.62. The van der Waals surface area contributed by atoms with Crippen molar-refractivity contribution in [2.24, 2.45) is 0 Å². The molecule has 0 fully saturated rings. The van der Waals surface area contributed by atoms with Gasteiger partial charge in [0.25, 0.3) is 0 Å². The molecule has 1 aromatic heterocycles. The lowest BCUT2D eigenvalue weighted by Crippen LogP contribution is -2.07. The summed E-state index contributed by atoms with van der Waals surface area (Å²) >= 11 is 5.87. The Labute approximate surface area is 179 Å². The normalized spacial score (nSPS) is 11.0. The lowest BCUT2D eigenvalue weighted by atomic mass is 9.98. The molecule has 4 rings (SSSR count). The van der Waals surface area contributed by atoms with Gasteiger partial charge in [-0.2, -0.15) is 0 Å². The third-order valence-corrected chi connectivity index (χ3v) is 4.93. The zero-order chi connectivity index (χ0) is 20.9. The lowest BCUT2D eigenvalue weighted by molar-refractivity contribution is -0.111. The predicted molar refractivity (Wildman–Crippen MR) is 121 cm³/mol. The number of amides is 1. The summed E-state index contributed by atoms with van der Waals surface area (Å²) in [5.41, 5.74) is 5.84. The van der Waals surface area contributed by atoms with Crippen LogP contribution in [0.3, 0.4) is 0 Å². The highest BCUT2D eigenvalue weighted by Crippen LogP contribution is 2.29. The van der Waals surface area contributed by atoms with Gasteiger partial charge in [-0.15, -0.1) is 0 Å². The van der Waals surface area contributed by atoms with Crippen LogP contribution in [0.1, 0.15) is 11.1 Å². The van der Waals surface area contributed by atoms with Crippen LogP contribution in [-0.2, 0) is 4.79 Å². The van der Waals surface area contributed by atoms with Crippen LogP contribution >= 0.6 is 11.6 Å². The molecule has 4 aromatic rings. The van der Waals surface area contributed by atoms with Crippen molar-refractivity contribution in [2.45, 2.75) is 6.92 Å². The molecular weight excluding hydrogens is 396 g/mol. The number of hydrogen-bond acceptors (Lipinski definition) is 3. The van der Waals surface area contributed by atoms with E-state index in [4.69, 9.17) is 16.0 Å². The van der Waals surface area contributed by atoms with Crippen LogP contribution in [0.2, 0.25) is 5.02 Å². The molecule has 0 aliphatic carbocycles. The number of halogens is 1. The maximum atomic E-state index is 12.2. The molecule has 0 aliphatic heterocycles. The summed E-state index contributed by atoms with van der Waals surface area (Å²) in [6, 6.07) is 21.1. The zero-order valence-corrected chi connectivity index (χ0v) is 17.1. The van der Waals surface area contributed by atoms with Crippen LogP contribution in [0.15, 0.2) is 89.7 Å². The van der Waals surface area contributed by atoms with Gasteiger partial charge in [0, 0.05) is 22.3 Å². The molecule has 0 saturated carbocycles. The van der Waals surface area contributed by atoms with Gasteiger partial charge in [0.15, 0.2) is 0 Å². The average molecular weight is 415 g/mol. The molecule has 0 aliphatic rings. The highest BCUT2D eigenvalue weighted by atomic mass is 35.5. The number of carbonyl (C=O) groups is 1. The van der Waals surface area contributed by atoms with Crippen molar-refractivity contribution in [3.05, 3.63) is 101 Å². The number of oxazole rings is 1. The Morgan fingerprint density at radius 3 is 2.43 bits per heavy atom. The zero-order valence-electron chi connectivity index (χ0n) is 16.3. The first-order valence-corrected chi connectivity index (χ1v) is 9.82. The summed E-state index contributed by atoms with van der Waals surface area (Å²) in [6.07, 6.45) is 6.44. The fourth-order valence-corrected chi connectivity index (χ4v) is 3.22. The molecule has 0 spiro atoms. The Morgan fingerprint density at radius 2 is 1.73 bits per heavy atom. The molecule has 1 N–H and O–H groups in total. The Bertz CT molecular complexity index is 1180. The van der Waals surface area contributed by atoms with Crippen LogP contribution in [-0.4, -0.2) is 10.9 Å². The third kappa shape index (κ3) is 4.67. The van der Waals surface area contributed by atoms with Gasteiger partial charge in [-0.3, -0.25) is 4.79 Å². The quantitative estimate of drug-likeness (QED) is 0.373. The van der Waals surface area contributed by atoms with Crippen molar-refractivity contribution in [2.75, 3.05) is 5.32 Å². The first-order chi connectivity index (χ1) is 14.6. The number of hydrogen-bond donors (Lipinski definition) is 1. The van der Waals surface area contributed by atoms with E-state index in [1.165, 1.54) is 6.08 Å². The van der Waals surface area contributed by atoms with E-state index in [-0.39, 0.29) is 5.91 Å². The maximum absolute atomic E-state index is 12.2. The van der Waals surface area contributed by atoms with Crippen molar-refractivity contribution in [3.63, 3.8) is 0 Å². The first kappa shape index (κ1) is 19.7. The minimum absolute atomic E-state index is 0.195. The summed E-state index contributed by atoms with van der Waals surface area (Å²) < 4.78 is 5.40. The topological polar surface area (TPSA) is 55.1 Å². The van der Waals surface area contributed by atoms with Gasteiger partial charge in [-0.05, 0) is 71.7 Å². The number of aryl methyl sites for hydroxylation is 1. The van der Waals surface area contributed by atoms with E-state index in [0.29, 0.717) is 10.9 Å². The lowest BCUT2D eigenvalue weighted by Gasteiger charge is -2.09. The summed E-state index contributed by atoms with van der Waals surface area (Å²) in [7, 11) is 0. The minimum Gasteiger partial charge on any atom is -0.445 e. The van der Waals surface area contributed by atoms with E-state index in [0.717, 1.165) is 33.5 Å². The van der Waals surface area contributed by atoms with Crippen LogP contribution in [0.25, 0.3) is 28.7 Å². The number of anilines is 1. The molecule has 0 atom stereocenters.